The lowest BCUT2D eigenvalue weighted by Crippen LogP contribution is -2.63. The lowest BCUT2D eigenvalue weighted by atomic mass is 9.98. The van der Waals surface area contributed by atoms with Crippen molar-refractivity contribution in [3.63, 3.8) is 0 Å². The fraction of sp³-hybridized carbons (Fsp3) is 0.596. The number of rotatable bonds is 11. The quantitative estimate of drug-likeness (QED) is 0.281. The molecule has 3 N–H and O–H groups in total. The van der Waals surface area contributed by atoms with E-state index in [1.165, 1.54) is 21.6 Å². The molecule has 0 aliphatic carbocycles. The molecule has 2 aromatic carbocycles. The van der Waals surface area contributed by atoms with Crippen molar-refractivity contribution < 1.29 is 43.0 Å². The van der Waals surface area contributed by atoms with Crippen LogP contribution in [0.5, 0.6) is 0 Å². The van der Waals surface area contributed by atoms with Crippen LogP contribution in [0, 0.1) is 19.8 Å². The number of piperidine rings is 1. The molecule has 4 aliphatic heterocycles. The summed E-state index contributed by atoms with van der Waals surface area (Å²) in [4.78, 5) is 107. The SMILES string of the molecule is Cc1ccc(CC(=O)N[C@@H](Cc2cccc(C)c2)C(=O)N[C@@H]2C(=O)N3C[C@H](OCCN(C)C)C[C@H]3C(=O)N3CCCC[C@H]3C(=O)N[C@@H](C)C(=O)N3C[C@H](C)C[C@H]3C(=O)O[C@H]2C)cc1. The summed E-state index contributed by atoms with van der Waals surface area (Å²) in [5.41, 5.74) is 3.52. The number of benzene rings is 2. The Hall–Kier alpha value is -5.35. The monoisotopic (exact) mass is 871 g/mol. The number of amides is 6. The van der Waals surface area contributed by atoms with Crippen LogP contribution in [0.3, 0.4) is 0 Å². The van der Waals surface area contributed by atoms with Crippen LogP contribution in [-0.2, 0) is 55.9 Å². The molecule has 6 rings (SSSR count). The maximum atomic E-state index is 15.2. The van der Waals surface area contributed by atoms with Gasteiger partial charge in [0.1, 0.15) is 42.4 Å². The molecular formula is C47H65N7O9. The summed E-state index contributed by atoms with van der Waals surface area (Å²) in [6.45, 7) is 10.3. The number of likely N-dealkylation sites (N-methyl/N-ethyl adjacent to an activating group) is 1. The maximum Gasteiger partial charge on any atom is 0.329 e. The highest BCUT2D eigenvalue weighted by Crippen LogP contribution is 2.30. The molecule has 4 saturated heterocycles. The number of nitrogens with one attached hydrogen (secondary N) is 3. The predicted molar refractivity (Wildman–Crippen MR) is 234 cm³/mol. The van der Waals surface area contributed by atoms with Gasteiger partial charge in [-0.25, -0.2) is 4.79 Å². The van der Waals surface area contributed by atoms with Crippen molar-refractivity contribution in [2.75, 3.05) is 46.9 Å². The molecule has 4 aliphatic rings. The first-order valence-electron chi connectivity index (χ1n) is 22.4. The number of aryl methyl sites for hydroxylation is 2. The molecule has 0 spiro atoms. The maximum absolute atomic E-state index is 15.2. The number of nitrogens with zero attached hydrogens (tertiary/aromatic N) is 4. The Morgan fingerprint density at radius 2 is 1.57 bits per heavy atom. The van der Waals surface area contributed by atoms with Gasteiger partial charge in [0.25, 0.3) is 0 Å². The van der Waals surface area contributed by atoms with Crippen molar-refractivity contribution in [1.29, 1.82) is 0 Å². The third kappa shape index (κ3) is 11.8. The van der Waals surface area contributed by atoms with Crippen molar-refractivity contribution in [2.45, 2.75) is 128 Å². The van der Waals surface area contributed by atoms with Crippen LogP contribution in [0.25, 0.3) is 0 Å². The van der Waals surface area contributed by atoms with E-state index in [1.807, 2.05) is 88.3 Å². The zero-order valence-corrected chi connectivity index (χ0v) is 37.8. The van der Waals surface area contributed by atoms with Gasteiger partial charge in [-0.1, -0.05) is 66.6 Å². The summed E-state index contributed by atoms with van der Waals surface area (Å²) in [5.74, 6) is -4.03. The molecule has 16 nitrogen and oxygen atoms in total. The van der Waals surface area contributed by atoms with Crippen molar-refractivity contribution in [1.82, 2.24) is 35.6 Å². The normalized spacial score (nSPS) is 27.6. The molecule has 63 heavy (non-hydrogen) atoms. The highest BCUT2D eigenvalue weighted by Gasteiger charge is 2.49. The summed E-state index contributed by atoms with van der Waals surface area (Å²) in [5, 5.41) is 8.58. The van der Waals surface area contributed by atoms with Crippen LogP contribution in [0.15, 0.2) is 48.5 Å². The van der Waals surface area contributed by atoms with Gasteiger partial charge in [-0.05, 0) is 84.5 Å². The van der Waals surface area contributed by atoms with Gasteiger partial charge in [-0.2, -0.15) is 0 Å². The smallest absolute Gasteiger partial charge is 0.329 e. The van der Waals surface area contributed by atoms with E-state index in [0.717, 1.165) is 22.3 Å². The van der Waals surface area contributed by atoms with Crippen LogP contribution >= 0.6 is 0 Å². The summed E-state index contributed by atoms with van der Waals surface area (Å²) in [7, 11) is 3.82. The highest BCUT2D eigenvalue weighted by atomic mass is 16.5. The number of carbonyl (C=O) groups is 7. The Bertz CT molecular complexity index is 2010. The van der Waals surface area contributed by atoms with Gasteiger partial charge in [-0.15, -0.1) is 0 Å². The Morgan fingerprint density at radius 3 is 2.29 bits per heavy atom. The number of hydrogen-bond acceptors (Lipinski definition) is 10. The van der Waals surface area contributed by atoms with Gasteiger partial charge in [0, 0.05) is 39.0 Å². The molecule has 342 valence electrons. The van der Waals surface area contributed by atoms with Gasteiger partial charge in [0.15, 0.2) is 0 Å². The Morgan fingerprint density at radius 1 is 0.841 bits per heavy atom. The average Bonchev–Trinajstić information content (AvgIpc) is 3.85. The van der Waals surface area contributed by atoms with Crippen LogP contribution in [0.1, 0.15) is 75.1 Å². The highest BCUT2D eigenvalue weighted by molar-refractivity contribution is 5.98. The van der Waals surface area contributed by atoms with Gasteiger partial charge in [0.2, 0.25) is 35.4 Å². The first-order valence-corrected chi connectivity index (χ1v) is 22.4. The Kier molecular flexibility index (Phi) is 15.6. The molecule has 6 amide bonds. The number of hydrogen-bond donors (Lipinski definition) is 3. The van der Waals surface area contributed by atoms with E-state index in [4.69, 9.17) is 9.47 Å². The second kappa shape index (κ2) is 20.9. The molecule has 0 radical (unpaired) electrons. The zero-order chi connectivity index (χ0) is 45.5. The first kappa shape index (κ1) is 47.1. The van der Waals surface area contributed by atoms with Crippen molar-refractivity contribution in [2.24, 2.45) is 5.92 Å². The third-order valence-electron chi connectivity index (χ3n) is 12.6. The van der Waals surface area contributed by atoms with Crippen molar-refractivity contribution in [3.05, 3.63) is 70.8 Å². The molecule has 0 unspecified atom stereocenters. The van der Waals surface area contributed by atoms with Gasteiger partial charge < -0.3 is 45.0 Å². The summed E-state index contributed by atoms with van der Waals surface area (Å²) >= 11 is 0. The van der Waals surface area contributed by atoms with Crippen LogP contribution in [0.2, 0.25) is 0 Å². The molecule has 4 heterocycles. The summed E-state index contributed by atoms with van der Waals surface area (Å²) < 4.78 is 12.3. The van der Waals surface area contributed by atoms with E-state index < -0.39 is 89.9 Å². The third-order valence-corrected chi connectivity index (χ3v) is 12.6. The zero-order valence-electron chi connectivity index (χ0n) is 37.8. The molecule has 0 aromatic heterocycles. The topological polar surface area (TPSA) is 187 Å². The number of fused-ring (bicyclic) bond motifs is 3. The van der Waals surface area contributed by atoms with Gasteiger partial charge >= 0.3 is 5.97 Å². The average molecular weight is 872 g/mol. The standard InChI is InChI=1S/C47H65N7O9/c1-28-14-16-33(17-15-28)24-40(55)49-36(23-34-12-10-11-29(2)21-34)42(56)50-41-32(5)63-47(61)39-22-30(3)26-53(39)44(58)31(4)48-43(57)37-13-8-9-18-52(37)45(59)38-25-35(27-54(38)46(41)60)62-20-19-51(6)7/h10-12,14-17,21,30-32,35-39,41H,8-9,13,18-20,22-27H2,1-7H3,(H,48,57)(H,49,55)(H,50,56)/t30-,31+,32+,35-,36+,37+,38+,39+,41+/m1/s1. The number of esters is 1. The number of cyclic esters (lactones) is 1. The van der Waals surface area contributed by atoms with Gasteiger partial charge in [0.05, 0.1) is 19.1 Å². The fourth-order valence-electron chi connectivity index (χ4n) is 9.15. The van der Waals surface area contributed by atoms with Crippen LogP contribution < -0.4 is 16.0 Å². The molecule has 0 bridgehead atoms. The van der Waals surface area contributed by atoms with Crippen molar-refractivity contribution in [3.8, 4) is 0 Å². The summed E-state index contributed by atoms with van der Waals surface area (Å²) in [6.07, 6.45) is 0.357. The lowest BCUT2D eigenvalue weighted by Gasteiger charge is -2.39. The van der Waals surface area contributed by atoms with E-state index in [9.17, 15) is 28.8 Å². The van der Waals surface area contributed by atoms with Crippen LogP contribution in [0.4, 0.5) is 0 Å². The Balaban J connectivity index is 1.37. The van der Waals surface area contributed by atoms with E-state index in [0.29, 0.717) is 38.8 Å². The minimum Gasteiger partial charge on any atom is -0.458 e. The minimum atomic E-state index is -1.53. The lowest BCUT2D eigenvalue weighted by molar-refractivity contribution is -0.163. The molecular weight excluding hydrogens is 807 g/mol. The molecule has 2 aromatic rings. The molecule has 9 atom stereocenters. The Labute approximate surface area is 370 Å². The second-order valence-electron chi connectivity index (χ2n) is 18.3. The molecule has 16 heteroatoms. The number of carbonyl (C=O) groups excluding carboxylic acids is 7. The number of ether oxygens (including phenoxy) is 2. The van der Waals surface area contributed by atoms with Gasteiger partial charge in [-0.3, -0.25) is 28.8 Å². The first-order chi connectivity index (χ1) is 30.0. The fourth-order valence-corrected chi connectivity index (χ4v) is 9.15. The van der Waals surface area contributed by atoms with E-state index in [2.05, 4.69) is 16.0 Å². The largest absolute Gasteiger partial charge is 0.458 e. The summed E-state index contributed by atoms with van der Waals surface area (Å²) in [6, 6.07) is 8.39. The minimum absolute atomic E-state index is 0.000130. The molecule has 0 saturated carbocycles. The van der Waals surface area contributed by atoms with E-state index in [1.54, 1.807) is 6.92 Å². The second-order valence-corrected chi connectivity index (χ2v) is 18.3. The van der Waals surface area contributed by atoms with E-state index in [-0.39, 0.29) is 44.8 Å². The van der Waals surface area contributed by atoms with Crippen molar-refractivity contribution >= 4 is 41.4 Å². The van der Waals surface area contributed by atoms with E-state index >= 15 is 4.79 Å². The van der Waals surface area contributed by atoms with Crippen LogP contribution in [-0.4, -0.2) is 156 Å². The predicted octanol–water partition coefficient (Wildman–Crippen LogP) is 1.67. The molecule has 4 fully saturated rings.